The van der Waals surface area contributed by atoms with E-state index < -0.39 is 0 Å². The summed E-state index contributed by atoms with van der Waals surface area (Å²) in [6.45, 7) is 8.29. The van der Waals surface area contributed by atoms with E-state index in [0.717, 1.165) is 6.54 Å². The molecule has 1 saturated heterocycles. The minimum Gasteiger partial charge on any atom is -0.310 e. The lowest BCUT2D eigenvalue weighted by molar-refractivity contribution is 0.258. The standard InChI is InChI=1S/C14H31N3/c1-12(2)14(11-16(3)4)15-13-7-6-9-17(5)10-8-13/h12-15H,6-11H2,1-5H3. The average molecular weight is 241 g/mol. The van der Waals surface area contributed by atoms with Gasteiger partial charge in [-0.3, -0.25) is 0 Å². The summed E-state index contributed by atoms with van der Waals surface area (Å²) in [6.07, 6.45) is 3.97. The highest BCUT2D eigenvalue weighted by Crippen LogP contribution is 2.13. The van der Waals surface area contributed by atoms with E-state index >= 15 is 0 Å². The number of likely N-dealkylation sites (tertiary alicyclic amines) is 1. The van der Waals surface area contributed by atoms with Crippen molar-refractivity contribution >= 4 is 0 Å². The zero-order valence-electron chi connectivity index (χ0n) is 12.4. The second kappa shape index (κ2) is 7.34. The van der Waals surface area contributed by atoms with Crippen LogP contribution < -0.4 is 5.32 Å². The minimum atomic E-state index is 0.624. The van der Waals surface area contributed by atoms with Gasteiger partial charge in [0.25, 0.3) is 0 Å². The summed E-state index contributed by atoms with van der Waals surface area (Å²) in [6, 6.07) is 1.34. The van der Waals surface area contributed by atoms with E-state index in [-0.39, 0.29) is 0 Å². The van der Waals surface area contributed by atoms with Crippen molar-refractivity contribution < 1.29 is 0 Å². The largest absolute Gasteiger partial charge is 0.310 e. The SMILES string of the molecule is CC(C)C(CN(C)C)NC1CCCN(C)CC1. The third-order valence-electron chi connectivity index (χ3n) is 3.77. The van der Waals surface area contributed by atoms with Gasteiger partial charge in [0.1, 0.15) is 0 Å². The van der Waals surface area contributed by atoms with Crippen LogP contribution in [0.15, 0.2) is 0 Å². The molecule has 102 valence electrons. The lowest BCUT2D eigenvalue weighted by Crippen LogP contribution is -2.47. The van der Waals surface area contributed by atoms with E-state index in [1.165, 1.54) is 32.4 Å². The van der Waals surface area contributed by atoms with Crippen molar-refractivity contribution in [1.29, 1.82) is 0 Å². The van der Waals surface area contributed by atoms with Crippen LogP contribution in [0.1, 0.15) is 33.1 Å². The van der Waals surface area contributed by atoms with Crippen molar-refractivity contribution in [2.24, 2.45) is 5.92 Å². The van der Waals surface area contributed by atoms with Crippen molar-refractivity contribution in [3.8, 4) is 0 Å². The Balaban J connectivity index is 2.42. The molecule has 0 bridgehead atoms. The molecule has 0 aliphatic carbocycles. The van der Waals surface area contributed by atoms with Crippen LogP contribution in [-0.2, 0) is 0 Å². The zero-order valence-corrected chi connectivity index (χ0v) is 12.4. The maximum absolute atomic E-state index is 3.88. The summed E-state index contributed by atoms with van der Waals surface area (Å²) in [5, 5.41) is 3.88. The quantitative estimate of drug-likeness (QED) is 0.789. The fourth-order valence-electron chi connectivity index (χ4n) is 2.56. The normalized spacial score (nSPS) is 25.2. The van der Waals surface area contributed by atoms with Gasteiger partial charge >= 0.3 is 0 Å². The Hall–Kier alpha value is -0.120. The fourth-order valence-corrected chi connectivity index (χ4v) is 2.56. The second-order valence-electron chi connectivity index (χ2n) is 6.21. The van der Waals surface area contributed by atoms with E-state index in [0.29, 0.717) is 18.0 Å². The van der Waals surface area contributed by atoms with Crippen LogP contribution in [0.3, 0.4) is 0 Å². The van der Waals surface area contributed by atoms with Crippen LogP contribution in [0.2, 0.25) is 0 Å². The molecule has 17 heavy (non-hydrogen) atoms. The van der Waals surface area contributed by atoms with E-state index in [4.69, 9.17) is 0 Å². The summed E-state index contributed by atoms with van der Waals surface area (Å²) < 4.78 is 0. The van der Waals surface area contributed by atoms with Crippen molar-refractivity contribution in [2.75, 3.05) is 40.8 Å². The Bertz CT molecular complexity index is 204. The molecule has 1 rings (SSSR count). The molecule has 0 aromatic heterocycles. The molecule has 1 aliphatic heterocycles. The molecule has 0 amide bonds. The van der Waals surface area contributed by atoms with Gasteiger partial charge in [-0.1, -0.05) is 13.8 Å². The molecule has 2 atom stereocenters. The van der Waals surface area contributed by atoms with Gasteiger partial charge < -0.3 is 15.1 Å². The Labute approximate surface area is 108 Å². The average Bonchev–Trinajstić information content (AvgIpc) is 2.42. The van der Waals surface area contributed by atoms with Gasteiger partial charge in [0.15, 0.2) is 0 Å². The van der Waals surface area contributed by atoms with Gasteiger partial charge in [-0.15, -0.1) is 0 Å². The highest BCUT2D eigenvalue weighted by molar-refractivity contribution is 4.81. The number of hydrogen-bond acceptors (Lipinski definition) is 3. The molecule has 3 heteroatoms. The molecule has 1 heterocycles. The molecule has 0 aromatic carbocycles. The summed E-state index contributed by atoms with van der Waals surface area (Å²) in [7, 11) is 6.57. The molecule has 0 saturated carbocycles. The van der Waals surface area contributed by atoms with Crippen LogP contribution >= 0.6 is 0 Å². The topological polar surface area (TPSA) is 18.5 Å². The molecule has 1 aliphatic rings. The number of nitrogens with one attached hydrogen (secondary N) is 1. The first-order valence-electron chi connectivity index (χ1n) is 7.08. The Morgan fingerprint density at radius 2 is 1.94 bits per heavy atom. The molecule has 2 unspecified atom stereocenters. The predicted octanol–water partition coefficient (Wildman–Crippen LogP) is 1.65. The maximum atomic E-state index is 3.88. The van der Waals surface area contributed by atoms with Crippen LogP contribution in [0, 0.1) is 5.92 Å². The van der Waals surface area contributed by atoms with Crippen molar-refractivity contribution in [3.63, 3.8) is 0 Å². The monoisotopic (exact) mass is 241 g/mol. The summed E-state index contributed by atoms with van der Waals surface area (Å²) >= 11 is 0. The van der Waals surface area contributed by atoms with Gasteiger partial charge in [-0.25, -0.2) is 0 Å². The lowest BCUT2D eigenvalue weighted by atomic mass is 10.0. The number of nitrogens with zero attached hydrogens (tertiary/aromatic N) is 2. The van der Waals surface area contributed by atoms with E-state index in [1.807, 2.05) is 0 Å². The first-order chi connectivity index (χ1) is 7.99. The number of likely N-dealkylation sites (N-methyl/N-ethyl adjacent to an activating group) is 1. The van der Waals surface area contributed by atoms with Gasteiger partial charge in [0, 0.05) is 18.6 Å². The van der Waals surface area contributed by atoms with Crippen LogP contribution in [0.25, 0.3) is 0 Å². The Kier molecular flexibility index (Phi) is 6.45. The highest BCUT2D eigenvalue weighted by atomic mass is 15.1. The van der Waals surface area contributed by atoms with Crippen LogP contribution in [-0.4, -0.2) is 62.7 Å². The number of rotatable bonds is 5. The molecule has 0 spiro atoms. The maximum Gasteiger partial charge on any atom is 0.0220 e. The summed E-state index contributed by atoms with van der Waals surface area (Å²) in [5.41, 5.74) is 0. The minimum absolute atomic E-state index is 0.624. The molecule has 3 nitrogen and oxygen atoms in total. The zero-order chi connectivity index (χ0) is 12.8. The van der Waals surface area contributed by atoms with Crippen molar-refractivity contribution in [1.82, 2.24) is 15.1 Å². The van der Waals surface area contributed by atoms with Gasteiger partial charge in [-0.05, 0) is 59.4 Å². The summed E-state index contributed by atoms with van der Waals surface area (Å²) in [4.78, 5) is 4.75. The van der Waals surface area contributed by atoms with Crippen molar-refractivity contribution in [3.05, 3.63) is 0 Å². The predicted molar refractivity (Wildman–Crippen MR) is 75.5 cm³/mol. The molecule has 0 aromatic rings. The molecular weight excluding hydrogens is 210 g/mol. The molecule has 1 N–H and O–H groups in total. The molecular formula is C14H31N3. The smallest absolute Gasteiger partial charge is 0.0220 e. The van der Waals surface area contributed by atoms with Gasteiger partial charge in [-0.2, -0.15) is 0 Å². The second-order valence-corrected chi connectivity index (χ2v) is 6.21. The first kappa shape index (κ1) is 14.9. The van der Waals surface area contributed by atoms with Gasteiger partial charge in [0.05, 0.1) is 0 Å². The third-order valence-corrected chi connectivity index (χ3v) is 3.77. The van der Waals surface area contributed by atoms with Crippen LogP contribution in [0.5, 0.6) is 0 Å². The summed E-state index contributed by atoms with van der Waals surface area (Å²) in [5.74, 6) is 0.707. The van der Waals surface area contributed by atoms with E-state index in [2.05, 4.69) is 50.1 Å². The Morgan fingerprint density at radius 1 is 1.24 bits per heavy atom. The van der Waals surface area contributed by atoms with Gasteiger partial charge in [0.2, 0.25) is 0 Å². The number of hydrogen-bond donors (Lipinski definition) is 1. The fraction of sp³-hybridized carbons (Fsp3) is 1.00. The lowest BCUT2D eigenvalue weighted by Gasteiger charge is -2.30. The highest BCUT2D eigenvalue weighted by Gasteiger charge is 2.20. The Morgan fingerprint density at radius 3 is 2.53 bits per heavy atom. The van der Waals surface area contributed by atoms with Crippen molar-refractivity contribution in [2.45, 2.75) is 45.2 Å². The van der Waals surface area contributed by atoms with Crippen LogP contribution in [0.4, 0.5) is 0 Å². The van der Waals surface area contributed by atoms with E-state index in [1.54, 1.807) is 0 Å². The molecule has 0 radical (unpaired) electrons. The molecule has 1 fully saturated rings. The first-order valence-corrected chi connectivity index (χ1v) is 7.08. The third kappa shape index (κ3) is 5.84. The van der Waals surface area contributed by atoms with E-state index in [9.17, 15) is 0 Å².